The second kappa shape index (κ2) is 8.34. The number of ether oxygens (including phenoxy) is 1. The molecule has 1 heterocycles. The molecule has 9 heteroatoms. The second-order valence-electron chi connectivity index (χ2n) is 6.32. The van der Waals surface area contributed by atoms with Gasteiger partial charge in [-0.15, -0.1) is 0 Å². The van der Waals surface area contributed by atoms with E-state index in [2.05, 4.69) is 15.2 Å². The number of nitrogens with zero attached hydrogens (tertiary/aromatic N) is 2. The fourth-order valence-electron chi connectivity index (χ4n) is 2.70. The number of amides is 1. The molecule has 152 valence electrons. The summed E-state index contributed by atoms with van der Waals surface area (Å²) in [6.45, 7) is -1.40. The Hall–Kier alpha value is -3.36. The predicted octanol–water partition coefficient (Wildman–Crippen LogP) is 4.35. The smallest absolute Gasteiger partial charge is 0.422 e. The van der Waals surface area contributed by atoms with Crippen LogP contribution in [0.25, 0.3) is 11.3 Å². The zero-order valence-electron chi connectivity index (χ0n) is 15.3. The standard InChI is InChI=1S/C20H17F4N3O2/c1-27-17(14-5-7-15(21)8-6-14)11-18(26-27)25-19(28)10-13-3-2-4-16(9-13)29-12-20(22,23)24/h2-9,11H,10,12H2,1H3,(H,25,26,28). The third-order valence-corrected chi connectivity index (χ3v) is 3.95. The molecule has 0 fully saturated rings. The molecule has 0 saturated carbocycles. The lowest BCUT2D eigenvalue weighted by Gasteiger charge is -2.10. The van der Waals surface area contributed by atoms with E-state index >= 15 is 0 Å². The summed E-state index contributed by atoms with van der Waals surface area (Å²) in [7, 11) is 1.69. The third kappa shape index (κ3) is 5.81. The molecule has 0 spiro atoms. The summed E-state index contributed by atoms with van der Waals surface area (Å²) in [4.78, 5) is 12.3. The van der Waals surface area contributed by atoms with Crippen LogP contribution in [0, 0.1) is 5.82 Å². The number of halogens is 4. The van der Waals surface area contributed by atoms with Gasteiger partial charge in [0.1, 0.15) is 11.6 Å². The largest absolute Gasteiger partial charge is 0.484 e. The highest BCUT2D eigenvalue weighted by atomic mass is 19.4. The molecule has 0 aliphatic rings. The van der Waals surface area contributed by atoms with Crippen LogP contribution in [0.1, 0.15) is 5.56 Å². The zero-order valence-corrected chi connectivity index (χ0v) is 15.3. The van der Waals surface area contributed by atoms with Crippen LogP contribution in [0.3, 0.4) is 0 Å². The number of aryl methyl sites for hydroxylation is 1. The number of benzene rings is 2. The number of rotatable bonds is 6. The van der Waals surface area contributed by atoms with Crippen LogP contribution in [0.15, 0.2) is 54.6 Å². The number of anilines is 1. The number of aromatic nitrogens is 2. The maximum Gasteiger partial charge on any atom is 0.422 e. The van der Waals surface area contributed by atoms with Crippen LogP contribution in [-0.2, 0) is 18.3 Å². The number of hydrogen-bond acceptors (Lipinski definition) is 3. The van der Waals surface area contributed by atoms with Gasteiger partial charge in [-0.1, -0.05) is 12.1 Å². The molecule has 5 nitrogen and oxygen atoms in total. The Morgan fingerprint density at radius 2 is 1.86 bits per heavy atom. The quantitative estimate of drug-likeness (QED) is 0.619. The first-order chi connectivity index (χ1) is 13.7. The van der Waals surface area contributed by atoms with E-state index in [4.69, 9.17) is 0 Å². The molecule has 3 rings (SSSR count). The molecule has 0 atom stereocenters. The van der Waals surface area contributed by atoms with Crippen molar-refractivity contribution in [2.24, 2.45) is 7.05 Å². The Morgan fingerprint density at radius 3 is 2.55 bits per heavy atom. The summed E-state index contributed by atoms with van der Waals surface area (Å²) >= 11 is 0. The van der Waals surface area contributed by atoms with Crippen molar-refractivity contribution in [3.8, 4) is 17.0 Å². The van der Waals surface area contributed by atoms with Gasteiger partial charge < -0.3 is 10.1 Å². The van der Waals surface area contributed by atoms with E-state index in [1.54, 1.807) is 36.0 Å². The number of hydrogen-bond donors (Lipinski definition) is 1. The molecule has 0 aliphatic carbocycles. The molecule has 1 amide bonds. The Morgan fingerprint density at radius 1 is 1.14 bits per heavy atom. The number of alkyl halides is 3. The van der Waals surface area contributed by atoms with Crippen LogP contribution in [-0.4, -0.2) is 28.5 Å². The first-order valence-corrected chi connectivity index (χ1v) is 8.58. The van der Waals surface area contributed by atoms with E-state index in [1.807, 2.05) is 0 Å². The maximum atomic E-state index is 13.1. The monoisotopic (exact) mass is 407 g/mol. The van der Waals surface area contributed by atoms with Gasteiger partial charge in [0.15, 0.2) is 12.4 Å². The lowest BCUT2D eigenvalue weighted by molar-refractivity contribution is -0.153. The highest BCUT2D eigenvalue weighted by Gasteiger charge is 2.28. The first-order valence-electron chi connectivity index (χ1n) is 8.58. The number of carbonyl (C=O) groups excluding carboxylic acids is 1. The maximum absolute atomic E-state index is 13.1. The Bertz CT molecular complexity index is 998. The minimum atomic E-state index is -4.44. The molecule has 0 saturated heterocycles. The van der Waals surface area contributed by atoms with Gasteiger partial charge in [-0.3, -0.25) is 9.48 Å². The Balaban J connectivity index is 1.64. The van der Waals surface area contributed by atoms with Gasteiger partial charge in [-0.2, -0.15) is 18.3 Å². The van der Waals surface area contributed by atoms with Crippen LogP contribution < -0.4 is 10.1 Å². The SMILES string of the molecule is Cn1nc(NC(=O)Cc2cccc(OCC(F)(F)F)c2)cc1-c1ccc(F)cc1. The van der Waals surface area contributed by atoms with Gasteiger partial charge >= 0.3 is 6.18 Å². The minimum absolute atomic E-state index is 0.0315. The molecule has 29 heavy (non-hydrogen) atoms. The van der Waals surface area contributed by atoms with Crippen LogP contribution >= 0.6 is 0 Å². The summed E-state index contributed by atoms with van der Waals surface area (Å²) in [5.41, 5.74) is 1.91. The lowest BCUT2D eigenvalue weighted by atomic mass is 10.1. The van der Waals surface area contributed by atoms with Crippen molar-refractivity contribution < 1.29 is 27.1 Å². The molecule has 0 bridgehead atoms. The molecular formula is C20H17F4N3O2. The highest BCUT2D eigenvalue weighted by Crippen LogP contribution is 2.23. The van der Waals surface area contributed by atoms with Crippen molar-refractivity contribution in [3.05, 3.63) is 66.0 Å². The highest BCUT2D eigenvalue weighted by molar-refractivity contribution is 5.92. The van der Waals surface area contributed by atoms with Gasteiger partial charge in [0.05, 0.1) is 12.1 Å². The lowest BCUT2D eigenvalue weighted by Crippen LogP contribution is -2.19. The van der Waals surface area contributed by atoms with E-state index < -0.39 is 12.8 Å². The van der Waals surface area contributed by atoms with Crippen molar-refractivity contribution in [2.75, 3.05) is 11.9 Å². The minimum Gasteiger partial charge on any atom is -0.484 e. The molecule has 0 radical (unpaired) electrons. The van der Waals surface area contributed by atoms with Crippen LogP contribution in [0.4, 0.5) is 23.4 Å². The summed E-state index contributed by atoms with van der Waals surface area (Å²) < 4.78 is 56.1. The fraction of sp³-hybridized carbons (Fsp3) is 0.200. The second-order valence-corrected chi connectivity index (χ2v) is 6.32. The van der Waals surface area contributed by atoms with Crippen molar-refractivity contribution >= 4 is 11.7 Å². The molecule has 1 aromatic heterocycles. The van der Waals surface area contributed by atoms with Crippen LogP contribution in [0.2, 0.25) is 0 Å². The van der Waals surface area contributed by atoms with Gasteiger partial charge in [0, 0.05) is 18.7 Å². The van der Waals surface area contributed by atoms with Gasteiger partial charge in [0.25, 0.3) is 0 Å². The first kappa shape index (κ1) is 20.4. The van der Waals surface area contributed by atoms with E-state index in [0.29, 0.717) is 17.1 Å². The summed E-state index contributed by atoms with van der Waals surface area (Å²) in [6, 6.07) is 13.4. The topological polar surface area (TPSA) is 56.2 Å². The molecule has 0 aliphatic heterocycles. The summed E-state index contributed by atoms with van der Waals surface area (Å²) in [5, 5.41) is 6.85. The molecule has 1 N–H and O–H groups in total. The molecule has 3 aromatic rings. The number of carbonyl (C=O) groups is 1. The number of nitrogens with one attached hydrogen (secondary N) is 1. The van der Waals surface area contributed by atoms with Gasteiger partial charge in [0.2, 0.25) is 5.91 Å². The predicted molar refractivity (Wildman–Crippen MR) is 98.9 cm³/mol. The average Bonchev–Trinajstić information content (AvgIpc) is 3.00. The van der Waals surface area contributed by atoms with Crippen molar-refractivity contribution in [1.29, 1.82) is 0 Å². The zero-order chi connectivity index (χ0) is 21.0. The Kier molecular flexibility index (Phi) is 5.86. The van der Waals surface area contributed by atoms with E-state index in [-0.39, 0.29) is 23.9 Å². The van der Waals surface area contributed by atoms with Gasteiger partial charge in [-0.25, -0.2) is 4.39 Å². The van der Waals surface area contributed by atoms with E-state index in [1.165, 1.54) is 30.3 Å². The van der Waals surface area contributed by atoms with E-state index in [9.17, 15) is 22.4 Å². The molecule has 2 aromatic carbocycles. The summed E-state index contributed by atoms with van der Waals surface area (Å²) in [6.07, 6.45) is -4.50. The third-order valence-electron chi connectivity index (χ3n) is 3.95. The normalized spacial score (nSPS) is 11.3. The summed E-state index contributed by atoms with van der Waals surface area (Å²) in [5.74, 6) is -0.405. The Labute approximate surface area is 163 Å². The van der Waals surface area contributed by atoms with Crippen LogP contribution in [0.5, 0.6) is 5.75 Å². The van der Waals surface area contributed by atoms with Crippen molar-refractivity contribution in [1.82, 2.24) is 9.78 Å². The van der Waals surface area contributed by atoms with E-state index in [0.717, 1.165) is 5.56 Å². The van der Waals surface area contributed by atoms with Gasteiger partial charge in [-0.05, 0) is 42.0 Å². The average molecular weight is 407 g/mol. The molecular weight excluding hydrogens is 390 g/mol. The molecule has 0 unspecified atom stereocenters. The van der Waals surface area contributed by atoms with Crippen molar-refractivity contribution in [2.45, 2.75) is 12.6 Å². The fourth-order valence-corrected chi connectivity index (χ4v) is 2.70. The van der Waals surface area contributed by atoms with Crippen molar-refractivity contribution in [3.63, 3.8) is 0 Å².